The van der Waals surface area contributed by atoms with Gasteiger partial charge in [-0.2, -0.15) is 0 Å². The summed E-state index contributed by atoms with van der Waals surface area (Å²) in [6.45, 7) is 0. The number of hydrogen-bond acceptors (Lipinski definition) is 2. The molecule has 4 heteroatoms. The van der Waals surface area contributed by atoms with Gasteiger partial charge in [0.25, 0.3) is 0 Å². The molecule has 3 N–H and O–H groups in total. The van der Waals surface area contributed by atoms with E-state index in [0.717, 1.165) is 0 Å². The van der Waals surface area contributed by atoms with E-state index in [1.54, 1.807) is 0 Å². The Balaban J connectivity index is 0. The fourth-order valence-corrected chi connectivity index (χ4v) is 0.548. The van der Waals surface area contributed by atoms with Crippen molar-refractivity contribution in [3.8, 4) is 12.3 Å². The van der Waals surface area contributed by atoms with E-state index in [1.165, 1.54) is 0 Å². The van der Waals surface area contributed by atoms with Gasteiger partial charge >= 0.3 is 5.97 Å². The summed E-state index contributed by atoms with van der Waals surface area (Å²) in [5.41, 5.74) is 5.19. The van der Waals surface area contributed by atoms with Gasteiger partial charge in [0.05, 0.1) is 0 Å². The second-order valence-corrected chi connectivity index (χ2v) is 2.04. The SMILES string of the molecule is C#CCCC[C@H](N)C(=O)O.Cl. The van der Waals surface area contributed by atoms with Crippen LogP contribution in [-0.4, -0.2) is 17.1 Å². The van der Waals surface area contributed by atoms with E-state index in [0.29, 0.717) is 19.3 Å². The molecule has 0 saturated carbocycles. The highest BCUT2D eigenvalue weighted by Gasteiger charge is 2.09. The molecule has 0 aromatic carbocycles. The number of nitrogens with two attached hydrogens (primary N) is 1. The highest BCUT2D eigenvalue weighted by atomic mass is 35.5. The summed E-state index contributed by atoms with van der Waals surface area (Å²) < 4.78 is 0. The van der Waals surface area contributed by atoms with Crippen LogP contribution in [0.2, 0.25) is 0 Å². The Morgan fingerprint density at radius 2 is 2.27 bits per heavy atom. The van der Waals surface area contributed by atoms with Crippen LogP contribution in [0.3, 0.4) is 0 Å². The minimum Gasteiger partial charge on any atom is -0.480 e. The van der Waals surface area contributed by atoms with Crippen LogP contribution in [-0.2, 0) is 4.79 Å². The Kier molecular flexibility index (Phi) is 8.67. The lowest BCUT2D eigenvalue weighted by molar-refractivity contribution is -0.138. The zero-order valence-electron chi connectivity index (χ0n) is 6.12. The molecule has 0 aliphatic carbocycles. The van der Waals surface area contributed by atoms with Crippen LogP contribution < -0.4 is 5.73 Å². The number of rotatable bonds is 4. The molecule has 1 atom stereocenters. The second-order valence-electron chi connectivity index (χ2n) is 2.04. The average molecular weight is 178 g/mol. The standard InChI is InChI=1S/C7H11NO2.ClH/c1-2-3-4-5-6(8)7(9)10;/h1,6H,3-5,8H2,(H,9,10);1H/t6-;/m0./s1. The first-order valence-electron chi connectivity index (χ1n) is 3.10. The van der Waals surface area contributed by atoms with Gasteiger partial charge in [0.1, 0.15) is 6.04 Å². The van der Waals surface area contributed by atoms with Crippen LogP contribution in [0.5, 0.6) is 0 Å². The Hall–Kier alpha value is -0.720. The first kappa shape index (κ1) is 12.9. The molecule has 0 saturated heterocycles. The molecular weight excluding hydrogens is 166 g/mol. The van der Waals surface area contributed by atoms with Crippen molar-refractivity contribution in [2.45, 2.75) is 25.3 Å². The molecule has 11 heavy (non-hydrogen) atoms. The monoisotopic (exact) mass is 177 g/mol. The lowest BCUT2D eigenvalue weighted by atomic mass is 10.1. The van der Waals surface area contributed by atoms with Crippen molar-refractivity contribution in [1.82, 2.24) is 0 Å². The summed E-state index contributed by atoms with van der Waals surface area (Å²) in [5, 5.41) is 8.30. The van der Waals surface area contributed by atoms with Gasteiger partial charge < -0.3 is 10.8 Å². The Labute approximate surface area is 72.4 Å². The van der Waals surface area contributed by atoms with E-state index in [2.05, 4.69) is 5.92 Å². The molecule has 0 rings (SSSR count). The van der Waals surface area contributed by atoms with Crippen molar-refractivity contribution in [3.05, 3.63) is 0 Å². The topological polar surface area (TPSA) is 63.3 Å². The normalized spacial score (nSPS) is 10.9. The van der Waals surface area contributed by atoms with Crippen molar-refractivity contribution in [2.24, 2.45) is 5.73 Å². The van der Waals surface area contributed by atoms with Crippen molar-refractivity contribution >= 4 is 18.4 Å². The molecule has 0 aliphatic rings. The van der Waals surface area contributed by atoms with Gasteiger partial charge in [-0.1, -0.05) is 0 Å². The summed E-state index contributed by atoms with van der Waals surface area (Å²) in [4.78, 5) is 10.1. The number of carbonyl (C=O) groups is 1. The minimum atomic E-state index is -0.961. The molecular formula is C7H12ClNO2. The minimum absolute atomic E-state index is 0. The molecule has 0 aromatic rings. The lowest BCUT2D eigenvalue weighted by Gasteiger charge is -2.02. The molecule has 0 fully saturated rings. The molecule has 64 valence electrons. The zero-order valence-corrected chi connectivity index (χ0v) is 6.93. The Morgan fingerprint density at radius 1 is 1.73 bits per heavy atom. The Bertz CT molecular complexity index is 153. The smallest absolute Gasteiger partial charge is 0.320 e. The van der Waals surface area contributed by atoms with Gasteiger partial charge in [0.15, 0.2) is 0 Å². The fraction of sp³-hybridized carbons (Fsp3) is 0.571. The molecule has 3 nitrogen and oxygen atoms in total. The van der Waals surface area contributed by atoms with Gasteiger partial charge in [0.2, 0.25) is 0 Å². The van der Waals surface area contributed by atoms with Gasteiger partial charge in [0, 0.05) is 6.42 Å². The molecule has 0 bridgehead atoms. The van der Waals surface area contributed by atoms with Gasteiger partial charge in [-0.05, 0) is 12.8 Å². The van der Waals surface area contributed by atoms with E-state index in [1.807, 2.05) is 0 Å². The van der Waals surface area contributed by atoms with E-state index in [9.17, 15) is 4.79 Å². The number of halogens is 1. The molecule has 0 unspecified atom stereocenters. The third-order valence-electron chi connectivity index (χ3n) is 1.15. The van der Waals surface area contributed by atoms with E-state index in [-0.39, 0.29) is 12.4 Å². The molecule has 0 aromatic heterocycles. The van der Waals surface area contributed by atoms with Crippen LogP contribution in [0.15, 0.2) is 0 Å². The van der Waals surface area contributed by atoms with E-state index in [4.69, 9.17) is 17.3 Å². The van der Waals surface area contributed by atoms with E-state index >= 15 is 0 Å². The first-order chi connectivity index (χ1) is 4.68. The molecule has 0 heterocycles. The molecule has 0 amide bonds. The highest BCUT2D eigenvalue weighted by molar-refractivity contribution is 5.85. The van der Waals surface area contributed by atoms with Crippen LogP contribution in [0.4, 0.5) is 0 Å². The van der Waals surface area contributed by atoms with Gasteiger partial charge in [-0.25, -0.2) is 0 Å². The maximum absolute atomic E-state index is 10.1. The van der Waals surface area contributed by atoms with Gasteiger partial charge in [-0.15, -0.1) is 24.8 Å². The van der Waals surface area contributed by atoms with Crippen LogP contribution in [0, 0.1) is 12.3 Å². The molecule has 0 aliphatic heterocycles. The quantitative estimate of drug-likeness (QED) is 0.489. The zero-order chi connectivity index (χ0) is 7.98. The van der Waals surface area contributed by atoms with Gasteiger partial charge in [-0.3, -0.25) is 4.79 Å². The summed E-state index contributed by atoms with van der Waals surface area (Å²) >= 11 is 0. The summed E-state index contributed by atoms with van der Waals surface area (Å²) in [6, 6.07) is -0.756. The number of carboxylic acid groups (broad SMARTS) is 1. The predicted molar refractivity (Wildman–Crippen MR) is 45.5 cm³/mol. The first-order valence-corrected chi connectivity index (χ1v) is 3.10. The maximum Gasteiger partial charge on any atom is 0.320 e. The number of aliphatic carboxylic acids is 1. The molecule has 0 radical (unpaired) electrons. The number of carboxylic acids is 1. The average Bonchev–Trinajstić information content (AvgIpc) is 1.88. The van der Waals surface area contributed by atoms with Crippen molar-refractivity contribution in [1.29, 1.82) is 0 Å². The van der Waals surface area contributed by atoms with Crippen LogP contribution >= 0.6 is 12.4 Å². The summed E-state index contributed by atoms with van der Waals surface area (Å²) in [5.74, 6) is 1.45. The molecule has 0 spiro atoms. The number of terminal acetylenes is 1. The highest BCUT2D eigenvalue weighted by Crippen LogP contribution is 1.97. The predicted octanol–water partition coefficient (Wildman–Crippen LogP) is 0.624. The largest absolute Gasteiger partial charge is 0.480 e. The van der Waals surface area contributed by atoms with Crippen LogP contribution in [0.25, 0.3) is 0 Å². The van der Waals surface area contributed by atoms with Crippen molar-refractivity contribution in [3.63, 3.8) is 0 Å². The Morgan fingerprint density at radius 3 is 2.64 bits per heavy atom. The third-order valence-corrected chi connectivity index (χ3v) is 1.15. The maximum atomic E-state index is 10.1. The van der Waals surface area contributed by atoms with Crippen molar-refractivity contribution < 1.29 is 9.90 Å². The third kappa shape index (κ3) is 7.17. The number of unbranched alkanes of at least 4 members (excludes halogenated alkanes) is 1. The summed E-state index contributed by atoms with van der Waals surface area (Å²) in [6.07, 6.45) is 6.69. The second kappa shape index (κ2) is 7.39. The van der Waals surface area contributed by atoms with E-state index < -0.39 is 12.0 Å². The summed E-state index contributed by atoms with van der Waals surface area (Å²) in [7, 11) is 0. The fourth-order valence-electron chi connectivity index (χ4n) is 0.548. The number of hydrogen-bond donors (Lipinski definition) is 2. The lowest BCUT2D eigenvalue weighted by Crippen LogP contribution is -2.29. The van der Waals surface area contributed by atoms with Crippen molar-refractivity contribution in [2.75, 3.05) is 0 Å². The van der Waals surface area contributed by atoms with Crippen LogP contribution in [0.1, 0.15) is 19.3 Å².